The van der Waals surface area contributed by atoms with Crippen molar-refractivity contribution in [1.29, 1.82) is 0 Å². The Bertz CT molecular complexity index is 1520. The molecule has 1 saturated heterocycles. The van der Waals surface area contributed by atoms with Crippen LogP contribution in [0.5, 0.6) is 5.75 Å². The summed E-state index contributed by atoms with van der Waals surface area (Å²) in [5.74, 6) is -0.0126. The fourth-order valence-corrected chi connectivity index (χ4v) is 4.71. The number of hydrogen-bond acceptors (Lipinski definition) is 5. The lowest BCUT2D eigenvalue weighted by molar-refractivity contribution is -0.126. The minimum absolute atomic E-state index is 0.230. The van der Waals surface area contributed by atoms with Crippen molar-refractivity contribution >= 4 is 23.6 Å². The number of rotatable bonds is 9. The first kappa shape index (κ1) is 27.5. The van der Waals surface area contributed by atoms with Crippen molar-refractivity contribution in [3.8, 4) is 5.75 Å². The maximum atomic E-state index is 13.6. The number of aryl methyl sites for hydroxylation is 1. The maximum absolute atomic E-state index is 13.6. The first-order valence-electron chi connectivity index (χ1n) is 13.3. The molecule has 1 aliphatic heterocycles. The lowest BCUT2D eigenvalue weighted by Gasteiger charge is -2.24. The Labute approximate surface area is 238 Å². The quantitative estimate of drug-likeness (QED) is 0.282. The Morgan fingerprint density at radius 3 is 2.32 bits per heavy atom. The minimum Gasteiger partial charge on any atom is -0.497 e. The zero-order valence-electron chi connectivity index (χ0n) is 22.9. The molecule has 3 amide bonds. The summed E-state index contributed by atoms with van der Waals surface area (Å²) in [5, 5.41) is 5.83. The van der Waals surface area contributed by atoms with Gasteiger partial charge in [-0.3, -0.25) is 14.5 Å². The predicted octanol–water partition coefficient (Wildman–Crippen LogP) is 5.63. The molecular formula is C33H31N3O5. The summed E-state index contributed by atoms with van der Waals surface area (Å²) in [4.78, 5) is 40.9. The Morgan fingerprint density at radius 1 is 0.878 bits per heavy atom. The van der Waals surface area contributed by atoms with Crippen LogP contribution in [0.15, 0.2) is 103 Å². The standard InChI is InChI=1S/C33H31N3O5/c1-22-11-13-24(14-12-22)21-36-29(32(38)34-20-23-7-4-3-5-8-23)30(41-33(36)39)25-15-17-27(18-16-25)35-31(37)26-9-6-10-28(19-26)40-2/h3-19,29-30H,20-21H2,1-2H3,(H,34,38)(H,35,37)/t29-,30+/m0/s1. The highest BCUT2D eigenvalue weighted by Gasteiger charge is 2.46. The SMILES string of the molecule is COc1cccc(C(=O)Nc2ccc([C@H]3OC(=O)N(Cc4ccc(C)cc4)[C@@H]3C(=O)NCc3ccccc3)cc2)c1. The molecule has 5 rings (SSSR count). The van der Waals surface area contributed by atoms with Gasteiger partial charge in [-0.1, -0.05) is 78.4 Å². The van der Waals surface area contributed by atoms with E-state index in [0.717, 1.165) is 16.7 Å². The molecule has 4 aromatic rings. The predicted molar refractivity (Wildman–Crippen MR) is 155 cm³/mol. The summed E-state index contributed by atoms with van der Waals surface area (Å²) >= 11 is 0. The normalized spacial score (nSPS) is 16.1. The summed E-state index contributed by atoms with van der Waals surface area (Å²) in [5.41, 5.74) is 4.61. The van der Waals surface area contributed by atoms with E-state index < -0.39 is 18.2 Å². The Hall–Kier alpha value is -5.11. The molecule has 8 nitrogen and oxygen atoms in total. The number of cyclic esters (lactones) is 1. The number of ether oxygens (including phenoxy) is 2. The third kappa shape index (κ3) is 6.55. The molecule has 0 spiro atoms. The zero-order chi connectivity index (χ0) is 28.8. The second-order valence-corrected chi connectivity index (χ2v) is 9.87. The van der Waals surface area contributed by atoms with Gasteiger partial charge in [-0.15, -0.1) is 0 Å². The molecule has 0 unspecified atom stereocenters. The van der Waals surface area contributed by atoms with Crippen molar-refractivity contribution in [2.24, 2.45) is 0 Å². The second-order valence-electron chi connectivity index (χ2n) is 9.87. The molecule has 208 valence electrons. The lowest BCUT2D eigenvalue weighted by atomic mass is 10.00. The molecule has 0 aliphatic carbocycles. The van der Waals surface area contributed by atoms with Crippen LogP contribution in [0.2, 0.25) is 0 Å². The summed E-state index contributed by atoms with van der Waals surface area (Å²) in [7, 11) is 1.54. The molecule has 2 atom stereocenters. The number of carbonyl (C=O) groups excluding carboxylic acids is 3. The lowest BCUT2D eigenvalue weighted by Crippen LogP contribution is -2.46. The molecule has 4 aromatic carbocycles. The second kappa shape index (κ2) is 12.4. The smallest absolute Gasteiger partial charge is 0.411 e. The highest BCUT2D eigenvalue weighted by Crippen LogP contribution is 2.34. The fourth-order valence-electron chi connectivity index (χ4n) is 4.71. The summed E-state index contributed by atoms with van der Waals surface area (Å²) in [6.07, 6.45) is -1.39. The van der Waals surface area contributed by atoms with Crippen LogP contribution in [-0.4, -0.2) is 36.0 Å². The van der Waals surface area contributed by atoms with Crippen LogP contribution in [0.1, 0.15) is 38.7 Å². The molecule has 2 N–H and O–H groups in total. The molecular weight excluding hydrogens is 518 g/mol. The van der Waals surface area contributed by atoms with Crippen molar-refractivity contribution in [1.82, 2.24) is 10.2 Å². The van der Waals surface area contributed by atoms with Crippen LogP contribution < -0.4 is 15.4 Å². The van der Waals surface area contributed by atoms with E-state index in [-0.39, 0.29) is 18.4 Å². The number of nitrogens with zero attached hydrogens (tertiary/aromatic N) is 1. The fraction of sp³-hybridized carbons (Fsp3) is 0.182. The van der Waals surface area contributed by atoms with Gasteiger partial charge in [0.1, 0.15) is 5.75 Å². The van der Waals surface area contributed by atoms with Crippen molar-refractivity contribution in [3.63, 3.8) is 0 Å². The average Bonchev–Trinajstić information content (AvgIpc) is 3.33. The molecule has 0 aromatic heterocycles. The van der Waals surface area contributed by atoms with Gasteiger partial charge < -0.3 is 20.1 Å². The first-order chi connectivity index (χ1) is 19.9. The number of anilines is 1. The third-order valence-electron chi connectivity index (χ3n) is 6.97. The number of hydrogen-bond donors (Lipinski definition) is 2. The molecule has 0 bridgehead atoms. The van der Waals surface area contributed by atoms with E-state index in [1.807, 2.05) is 61.5 Å². The van der Waals surface area contributed by atoms with Crippen LogP contribution in [0.4, 0.5) is 10.5 Å². The van der Waals surface area contributed by atoms with Crippen molar-refractivity contribution < 1.29 is 23.9 Å². The third-order valence-corrected chi connectivity index (χ3v) is 6.97. The van der Waals surface area contributed by atoms with Crippen LogP contribution in [0, 0.1) is 6.92 Å². The van der Waals surface area contributed by atoms with Gasteiger partial charge in [0.15, 0.2) is 12.1 Å². The first-order valence-corrected chi connectivity index (χ1v) is 13.3. The molecule has 8 heteroatoms. The Kier molecular flexibility index (Phi) is 8.29. The molecule has 1 heterocycles. The van der Waals surface area contributed by atoms with Crippen molar-refractivity contribution in [2.75, 3.05) is 12.4 Å². The molecule has 0 saturated carbocycles. The van der Waals surface area contributed by atoms with Gasteiger partial charge in [0, 0.05) is 17.8 Å². The highest BCUT2D eigenvalue weighted by molar-refractivity contribution is 6.04. The summed E-state index contributed by atoms with van der Waals surface area (Å²) in [6.45, 7) is 2.55. The summed E-state index contributed by atoms with van der Waals surface area (Å²) in [6, 6.07) is 30.3. The molecule has 41 heavy (non-hydrogen) atoms. The van der Waals surface area contributed by atoms with Gasteiger partial charge >= 0.3 is 6.09 Å². The van der Waals surface area contributed by atoms with Crippen molar-refractivity contribution in [2.45, 2.75) is 32.2 Å². The number of nitrogens with one attached hydrogen (secondary N) is 2. The van der Waals surface area contributed by atoms with Gasteiger partial charge in [0.25, 0.3) is 5.91 Å². The Balaban J connectivity index is 1.35. The monoisotopic (exact) mass is 549 g/mol. The van der Waals surface area contributed by atoms with Crippen LogP contribution in [0.3, 0.4) is 0 Å². The van der Waals surface area contributed by atoms with Crippen LogP contribution in [-0.2, 0) is 22.6 Å². The van der Waals surface area contributed by atoms with E-state index in [1.54, 1.807) is 55.6 Å². The van der Waals surface area contributed by atoms with Crippen LogP contribution in [0.25, 0.3) is 0 Å². The Morgan fingerprint density at radius 2 is 1.61 bits per heavy atom. The number of carbonyl (C=O) groups is 3. The molecule has 1 aliphatic rings. The maximum Gasteiger partial charge on any atom is 0.411 e. The number of amides is 3. The molecule has 1 fully saturated rings. The topological polar surface area (TPSA) is 97.0 Å². The van der Waals surface area contributed by atoms with E-state index in [1.165, 1.54) is 4.90 Å². The van der Waals surface area contributed by atoms with Gasteiger partial charge in [0.05, 0.1) is 13.7 Å². The average molecular weight is 550 g/mol. The van der Waals surface area contributed by atoms with Gasteiger partial charge in [-0.05, 0) is 53.9 Å². The number of benzene rings is 4. The van der Waals surface area contributed by atoms with Crippen LogP contribution >= 0.6 is 0 Å². The number of methoxy groups -OCH3 is 1. The van der Waals surface area contributed by atoms with Gasteiger partial charge in [-0.25, -0.2) is 4.79 Å². The van der Waals surface area contributed by atoms with Crippen molar-refractivity contribution in [3.05, 3.63) is 131 Å². The highest BCUT2D eigenvalue weighted by atomic mass is 16.6. The van der Waals surface area contributed by atoms with E-state index >= 15 is 0 Å². The van der Waals surface area contributed by atoms with Gasteiger partial charge in [0.2, 0.25) is 5.91 Å². The van der Waals surface area contributed by atoms with E-state index in [9.17, 15) is 14.4 Å². The zero-order valence-corrected chi connectivity index (χ0v) is 22.9. The largest absolute Gasteiger partial charge is 0.497 e. The van der Waals surface area contributed by atoms with E-state index in [4.69, 9.17) is 9.47 Å². The molecule has 0 radical (unpaired) electrons. The van der Waals surface area contributed by atoms with E-state index in [2.05, 4.69) is 10.6 Å². The van der Waals surface area contributed by atoms with Gasteiger partial charge in [-0.2, -0.15) is 0 Å². The summed E-state index contributed by atoms with van der Waals surface area (Å²) < 4.78 is 11.0. The van der Waals surface area contributed by atoms with E-state index in [0.29, 0.717) is 29.1 Å². The minimum atomic E-state index is -0.884.